The lowest BCUT2D eigenvalue weighted by atomic mass is 9.70. The lowest BCUT2D eigenvalue weighted by Gasteiger charge is -2.31. The van der Waals surface area contributed by atoms with Crippen molar-refractivity contribution in [1.29, 1.82) is 0 Å². The molecular formula is C54H41N. The molecule has 0 aromatic heterocycles. The van der Waals surface area contributed by atoms with E-state index in [4.69, 9.17) is 0 Å². The summed E-state index contributed by atoms with van der Waals surface area (Å²) in [6.07, 6.45) is 0. The summed E-state index contributed by atoms with van der Waals surface area (Å²) in [5, 5.41) is 0. The Balaban J connectivity index is 1.18. The maximum atomic E-state index is 2.50. The molecule has 0 radical (unpaired) electrons. The third kappa shape index (κ3) is 4.30. The molecule has 1 heteroatoms. The average Bonchev–Trinajstić information content (AvgIpc) is 3.78. The molecule has 8 aromatic rings. The largest absolute Gasteiger partial charge is 0.310 e. The molecule has 0 heterocycles. The van der Waals surface area contributed by atoms with Gasteiger partial charge in [0.05, 0.1) is 11.1 Å². The SMILES string of the molecule is Cc1ccc(N(c2ccc3c(c2)C(C)(C)c2ccccc2-3)c2cc(C)ccc2-c2cccc3c2-c2ccccc2C32c3ccccc3-c3ccccc32)cc1. The topological polar surface area (TPSA) is 3.24 Å². The van der Waals surface area contributed by atoms with Gasteiger partial charge in [0.2, 0.25) is 0 Å². The molecule has 0 aliphatic heterocycles. The summed E-state index contributed by atoms with van der Waals surface area (Å²) < 4.78 is 0. The second kappa shape index (κ2) is 11.5. The standard InChI is InChI=1S/C54H41N/c1-34-24-27-36(28-25-34)55(37-29-31-41-38-14-5-9-19-45(38)53(3,4)50(41)33-37)51-32-35(2)26-30-42(51)43-18-13-23-49-52(43)44-17-8-12-22-48(44)54(49)46-20-10-6-15-39(46)40-16-7-11-21-47(40)54/h5-33H,1-4H3. The van der Waals surface area contributed by atoms with E-state index in [2.05, 4.69) is 209 Å². The van der Waals surface area contributed by atoms with Crippen LogP contribution in [0.5, 0.6) is 0 Å². The fraction of sp³-hybridized carbons (Fsp3) is 0.111. The molecule has 0 N–H and O–H groups in total. The molecule has 11 rings (SSSR count). The van der Waals surface area contributed by atoms with Crippen molar-refractivity contribution in [2.75, 3.05) is 4.90 Å². The van der Waals surface area contributed by atoms with Crippen molar-refractivity contribution in [2.24, 2.45) is 0 Å². The predicted molar refractivity (Wildman–Crippen MR) is 230 cm³/mol. The van der Waals surface area contributed by atoms with Crippen LogP contribution in [0.25, 0.3) is 44.5 Å². The Bertz CT molecular complexity index is 2830. The van der Waals surface area contributed by atoms with Gasteiger partial charge in [-0.25, -0.2) is 0 Å². The summed E-state index contributed by atoms with van der Waals surface area (Å²) in [4.78, 5) is 2.50. The molecule has 0 saturated heterocycles. The van der Waals surface area contributed by atoms with Crippen molar-refractivity contribution in [3.8, 4) is 44.5 Å². The van der Waals surface area contributed by atoms with Crippen LogP contribution >= 0.6 is 0 Å². The quantitative estimate of drug-likeness (QED) is 0.176. The molecule has 1 nitrogen and oxygen atoms in total. The first-order chi connectivity index (χ1) is 26.9. The zero-order valence-electron chi connectivity index (χ0n) is 31.7. The normalized spacial score (nSPS) is 14.5. The molecule has 0 bridgehead atoms. The van der Waals surface area contributed by atoms with Crippen molar-refractivity contribution < 1.29 is 0 Å². The zero-order chi connectivity index (χ0) is 37.1. The monoisotopic (exact) mass is 703 g/mol. The molecule has 3 aliphatic rings. The number of anilines is 3. The van der Waals surface area contributed by atoms with Crippen LogP contribution in [0.4, 0.5) is 17.1 Å². The third-order valence-corrected chi connectivity index (χ3v) is 12.8. The number of aryl methyl sites for hydroxylation is 2. The van der Waals surface area contributed by atoms with Crippen molar-refractivity contribution in [3.05, 3.63) is 220 Å². The highest BCUT2D eigenvalue weighted by Crippen LogP contribution is 2.64. The summed E-state index contributed by atoms with van der Waals surface area (Å²) in [6.45, 7) is 9.13. The minimum Gasteiger partial charge on any atom is -0.310 e. The average molecular weight is 704 g/mol. The van der Waals surface area contributed by atoms with Crippen molar-refractivity contribution >= 4 is 17.1 Å². The molecule has 0 fully saturated rings. The van der Waals surface area contributed by atoms with Crippen LogP contribution in [0.2, 0.25) is 0 Å². The lowest BCUT2D eigenvalue weighted by molar-refractivity contribution is 0.660. The Morgan fingerprint density at radius 2 is 0.818 bits per heavy atom. The van der Waals surface area contributed by atoms with E-state index < -0.39 is 5.41 Å². The molecule has 262 valence electrons. The van der Waals surface area contributed by atoms with Gasteiger partial charge in [0.25, 0.3) is 0 Å². The molecule has 0 atom stereocenters. The molecular weight excluding hydrogens is 663 g/mol. The second-order valence-electron chi connectivity index (χ2n) is 16.2. The minimum absolute atomic E-state index is 0.109. The van der Waals surface area contributed by atoms with E-state index in [1.54, 1.807) is 0 Å². The summed E-state index contributed by atoms with van der Waals surface area (Å²) >= 11 is 0. The van der Waals surface area contributed by atoms with Crippen LogP contribution in [-0.2, 0) is 10.8 Å². The molecule has 8 aromatic carbocycles. The maximum absolute atomic E-state index is 2.50. The maximum Gasteiger partial charge on any atom is 0.0725 e. The van der Waals surface area contributed by atoms with Gasteiger partial charge in [0.15, 0.2) is 0 Å². The molecule has 1 spiro atoms. The Morgan fingerprint density at radius 1 is 0.345 bits per heavy atom. The van der Waals surface area contributed by atoms with Crippen LogP contribution in [-0.4, -0.2) is 0 Å². The molecule has 0 unspecified atom stereocenters. The van der Waals surface area contributed by atoms with Crippen LogP contribution in [0, 0.1) is 13.8 Å². The first-order valence-electron chi connectivity index (χ1n) is 19.5. The van der Waals surface area contributed by atoms with Gasteiger partial charge in [0.1, 0.15) is 0 Å². The summed E-state index contributed by atoms with van der Waals surface area (Å²) in [5.74, 6) is 0. The summed E-state index contributed by atoms with van der Waals surface area (Å²) in [7, 11) is 0. The Kier molecular flexibility index (Phi) is 6.72. The van der Waals surface area contributed by atoms with Gasteiger partial charge >= 0.3 is 0 Å². The first-order valence-corrected chi connectivity index (χ1v) is 19.5. The van der Waals surface area contributed by atoms with Gasteiger partial charge in [-0.05, 0) is 122 Å². The Labute approximate surface area is 324 Å². The van der Waals surface area contributed by atoms with E-state index in [1.807, 2.05) is 0 Å². The van der Waals surface area contributed by atoms with Crippen LogP contribution in [0.3, 0.4) is 0 Å². The van der Waals surface area contributed by atoms with Gasteiger partial charge in [-0.1, -0.05) is 165 Å². The number of fused-ring (bicyclic) bond motifs is 13. The van der Waals surface area contributed by atoms with Crippen LogP contribution < -0.4 is 4.90 Å². The number of hydrogen-bond acceptors (Lipinski definition) is 1. The van der Waals surface area contributed by atoms with Crippen molar-refractivity contribution in [2.45, 2.75) is 38.5 Å². The lowest BCUT2D eigenvalue weighted by Crippen LogP contribution is -2.25. The number of benzene rings is 8. The van der Waals surface area contributed by atoms with Gasteiger partial charge in [0, 0.05) is 22.4 Å². The van der Waals surface area contributed by atoms with Gasteiger partial charge in [-0.2, -0.15) is 0 Å². The molecule has 3 aliphatic carbocycles. The van der Waals surface area contributed by atoms with E-state index in [0.717, 1.165) is 5.69 Å². The first kappa shape index (κ1) is 32.0. The van der Waals surface area contributed by atoms with E-state index in [9.17, 15) is 0 Å². The minimum atomic E-state index is -0.392. The molecule has 0 amide bonds. The number of hydrogen-bond donors (Lipinski definition) is 0. The van der Waals surface area contributed by atoms with Crippen molar-refractivity contribution in [1.82, 2.24) is 0 Å². The highest BCUT2D eigenvalue weighted by atomic mass is 15.1. The van der Waals surface area contributed by atoms with Gasteiger partial charge in [-0.3, -0.25) is 0 Å². The highest BCUT2D eigenvalue weighted by Gasteiger charge is 2.52. The van der Waals surface area contributed by atoms with Gasteiger partial charge < -0.3 is 4.90 Å². The Morgan fingerprint density at radius 3 is 1.49 bits per heavy atom. The fourth-order valence-electron chi connectivity index (χ4n) is 10.4. The van der Waals surface area contributed by atoms with E-state index in [-0.39, 0.29) is 5.41 Å². The zero-order valence-corrected chi connectivity index (χ0v) is 31.7. The highest BCUT2D eigenvalue weighted by molar-refractivity contribution is 6.02. The number of nitrogens with zero attached hydrogens (tertiary/aromatic N) is 1. The molecule has 0 saturated carbocycles. The Hall–Kier alpha value is -6.44. The number of rotatable bonds is 4. The third-order valence-electron chi connectivity index (χ3n) is 12.8. The van der Waals surface area contributed by atoms with Crippen LogP contribution in [0.15, 0.2) is 176 Å². The van der Waals surface area contributed by atoms with E-state index in [1.165, 1.54) is 100 Å². The predicted octanol–water partition coefficient (Wildman–Crippen LogP) is 14.1. The van der Waals surface area contributed by atoms with Gasteiger partial charge in [-0.15, -0.1) is 0 Å². The summed E-state index contributed by atoms with van der Waals surface area (Å²) in [6, 6.07) is 66.4. The van der Waals surface area contributed by atoms with E-state index >= 15 is 0 Å². The van der Waals surface area contributed by atoms with E-state index in [0.29, 0.717) is 0 Å². The van der Waals surface area contributed by atoms with Crippen LogP contribution in [0.1, 0.15) is 58.4 Å². The van der Waals surface area contributed by atoms with Crippen molar-refractivity contribution in [3.63, 3.8) is 0 Å². The summed E-state index contributed by atoms with van der Waals surface area (Å²) in [5.41, 5.74) is 24.1. The fourth-order valence-corrected chi connectivity index (χ4v) is 10.4. The smallest absolute Gasteiger partial charge is 0.0725 e. The molecule has 55 heavy (non-hydrogen) atoms. The second-order valence-corrected chi connectivity index (χ2v) is 16.2.